The first kappa shape index (κ1) is 11.8. The Bertz CT molecular complexity index is 130. The van der Waals surface area contributed by atoms with E-state index >= 15 is 0 Å². The number of thioether (sulfide) groups is 1. The molecule has 0 aliphatic rings. The van der Waals surface area contributed by atoms with Gasteiger partial charge in [-0.3, -0.25) is 4.79 Å². The van der Waals surface area contributed by atoms with Crippen molar-refractivity contribution in [3.8, 4) is 0 Å². The maximum absolute atomic E-state index is 10.7. The maximum atomic E-state index is 10.7. The van der Waals surface area contributed by atoms with Crippen LogP contribution in [0.3, 0.4) is 0 Å². The van der Waals surface area contributed by atoms with Crippen molar-refractivity contribution in [3.63, 3.8) is 0 Å². The summed E-state index contributed by atoms with van der Waals surface area (Å²) in [6.07, 6.45) is 2.08. The lowest BCUT2D eigenvalue weighted by atomic mass is 10.2. The van der Waals surface area contributed by atoms with E-state index < -0.39 is 0 Å². The molecule has 0 aromatic heterocycles. The van der Waals surface area contributed by atoms with Gasteiger partial charge in [-0.1, -0.05) is 6.92 Å². The Hall–Kier alpha value is -0.220. The Kier molecular flexibility index (Phi) is 7.29. The highest BCUT2D eigenvalue weighted by atomic mass is 32.2. The summed E-state index contributed by atoms with van der Waals surface area (Å²) >= 11 is 1.82. The van der Waals surface area contributed by atoms with E-state index in [0.717, 1.165) is 12.3 Å². The van der Waals surface area contributed by atoms with E-state index in [0.29, 0.717) is 12.5 Å². The summed E-state index contributed by atoms with van der Waals surface area (Å²) in [7, 11) is 1.40. The molecule has 0 fully saturated rings. The number of rotatable bonds is 6. The van der Waals surface area contributed by atoms with Gasteiger partial charge in [0.05, 0.1) is 13.7 Å². The van der Waals surface area contributed by atoms with Crippen molar-refractivity contribution < 1.29 is 9.53 Å². The van der Waals surface area contributed by atoms with Crippen LogP contribution in [0.4, 0.5) is 0 Å². The number of ether oxygens (including phenoxy) is 1. The predicted octanol–water partition coefficient (Wildman–Crippen LogP) is 0.748. The molecule has 0 amide bonds. The Labute approximate surface area is 78.2 Å². The standard InChI is InChI=1S/C8H17NO2S/c1-7(6-12-3)4-9-5-8(10)11-2/h7,9H,4-6H2,1-3H3. The molecule has 0 aromatic rings. The molecule has 0 spiro atoms. The predicted molar refractivity (Wildman–Crippen MR) is 52.4 cm³/mol. The van der Waals surface area contributed by atoms with Gasteiger partial charge in [0.2, 0.25) is 0 Å². The van der Waals surface area contributed by atoms with Crippen LogP contribution in [0.15, 0.2) is 0 Å². The van der Waals surface area contributed by atoms with Crippen molar-refractivity contribution in [1.29, 1.82) is 0 Å². The molecule has 1 unspecified atom stereocenters. The van der Waals surface area contributed by atoms with E-state index in [1.54, 1.807) is 0 Å². The van der Waals surface area contributed by atoms with Crippen LogP contribution in [0.1, 0.15) is 6.92 Å². The second-order valence-electron chi connectivity index (χ2n) is 2.77. The third kappa shape index (κ3) is 6.49. The summed E-state index contributed by atoms with van der Waals surface area (Å²) in [6, 6.07) is 0. The fourth-order valence-corrected chi connectivity index (χ4v) is 1.52. The Morgan fingerprint density at radius 3 is 2.83 bits per heavy atom. The summed E-state index contributed by atoms with van der Waals surface area (Å²) in [5, 5.41) is 3.03. The molecular formula is C8H17NO2S. The van der Waals surface area contributed by atoms with E-state index in [9.17, 15) is 4.79 Å². The fourth-order valence-electron chi connectivity index (χ4n) is 0.836. The van der Waals surface area contributed by atoms with Crippen molar-refractivity contribution in [2.45, 2.75) is 6.92 Å². The van der Waals surface area contributed by atoms with Crippen LogP contribution < -0.4 is 5.32 Å². The molecule has 1 N–H and O–H groups in total. The zero-order chi connectivity index (χ0) is 9.40. The largest absolute Gasteiger partial charge is 0.468 e. The lowest BCUT2D eigenvalue weighted by Gasteiger charge is -2.09. The van der Waals surface area contributed by atoms with Crippen molar-refractivity contribution in [1.82, 2.24) is 5.32 Å². The van der Waals surface area contributed by atoms with Gasteiger partial charge in [0.25, 0.3) is 0 Å². The average molecular weight is 191 g/mol. The molecule has 4 heteroatoms. The van der Waals surface area contributed by atoms with Crippen molar-refractivity contribution in [3.05, 3.63) is 0 Å². The summed E-state index contributed by atoms with van der Waals surface area (Å²) in [5.41, 5.74) is 0. The minimum Gasteiger partial charge on any atom is -0.468 e. The lowest BCUT2D eigenvalue weighted by molar-refractivity contribution is -0.139. The maximum Gasteiger partial charge on any atom is 0.319 e. The Morgan fingerprint density at radius 1 is 1.67 bits per heavy atom. The monoisotopic (exact) mass is 191 g/mol. The Balaban J connectivity index is 3.24. The quantitative estimate of drug-likeness (QED) is 0.629. The highest BCUT2D eigenvalue weighted by Crippen LogP contribution is 2.01. The number of hydrogen-bond donors (Lipinski definition) is 1. The van der Waals surface area contributed by atoms with Gasteiger partial charge < -0.3 is 10.1 Å². The molecule has 0 bridgehead atoms. The molecule has 0 aliphatic carbocycles. The molecule has 0 heterocycles. The second-order valence-corrected chi connectivity index (χ2v) is 3.68. The number of hydrogen-bond acceptors (Lipinski definition) is 4. The van der Waals surface area contributed by atoms with E-state index in [-0.39, 0.29) is 5.97 Å². The topological polar surface area (TPSA) is 38.3 Å². The summed E-state index contributed by atoms with van der Waals surface area (Å²) in [5.74, 6) is 1.52. The van der Waals surface area contributed by atoms with Gasteiger partial charge in [0, 0.05) is 0 Å². The first-order valence-corrected chi connectivity index (χ1v) is 5.36. The first-order chi connectivity index (χ1) is 5.70. The van der Waals surface area contributed by atoms with E-state index in [4.69, 9.17) is 0 Å². The van der Waals surface area contributed by atoms with E-state index in [1.165, 1.54) is 7.11 Å². The average Bonchev–Trinajstić information content (AvgIpc) is 2.04. The van der Waals surface area contributed by atoms with Gasteiger partial charge in [-0.25, -0.2) is 0 Å². The molecule has 3 nitrogen and oxygen atoms in total. The van der Waals surface area contributed by atoms with Crippen LogP contribution in [-0.4, -0.2) is 38.2 Å². The van der Waals surface area contributed by atoms with Crippen LogP contribution in [0.2, 0.25) is 0 Å². The minimum absolute atomic E-state index is 0.202. The lowest BCUT2D eigenvalue weighted by Crippen LogP contribution is -2.28. The van der Waals surface area contributed by atoms with E-state index in [1.807, 2.05) is 11.8 Å². The molecule has 0 aromatic carbocycles. The van der Waals surface area contributed by atoms with Gasteiger partial charge >= 0.3 is 5.97 Å². The first-order valence-electron chi connectivity index (χ1n) is 3.97. The zero-order valence-electron chi connectivity index (χ0n) is 7.92. The third-order valence-electron chi connectivity index (χ3n) is 1.44. The van der Waals surface area contributed by atoms with Crippen molar-refractivity contribution in [2.24, 2.45) is 5.92 Å². The molecular weight excluding hydrogens is 174 g/mol. The molecule has 0 saturated heterocycles. The molecule has 0 rings (SSSR count). The van der Waals surface area contributed by atoms with Crippen LogP contribution in [0, 0.1) is 5.92 Å². The summed E-state index contributed by atoms with van der Waals surface area (Å²) in [6.45, 7) is 3.34. The van der Waals surface area contributed by atoms with E-state index in [2.05, 4.69) is 23.2 Å². The van der Waals surface area contributed by atoms with Crippen LogP contribution in [-0.2, 0) is 9.53 Å². The van der Waals surface area contributed by atoms with Crippen molar-refractivity contribution in [2.75, 3.05) is 32.2 Å². The molecule has 0 radical (unpaired) electrons. The molecule has 12 heavy (non-hydrogen) atoms. The highest BCUT2D eigenvalue weighted by molar-refractivity contribution is 7.98. The third-order valence-corrected chi connectivity index (χ3v) is 2.34. The fraction of sp³-hybridized carbons (Fsp3) is 0.875. The number of nitrogens with one attached hydrogen (secondary N) is 1. The minimum atomic E-state index is -0.202. The zero-order valence-corrected chi connectivity index (χ0v) is 8.74. The molecule has 0 saturated carbocycles. The summed E-state index contributed by atoms with van der Waals surface area (Å²) < 4.78 is 4.49. The SMILES string of the molecule is COC(=O)CNCC(C)CSC. The van der Waals surface area contributed by atoms with Crippen LogP contribution in [0.5, 0.6) is 0 Å². The normalized spacial score (nSPS) is 12.6. The van der Waals surface area contributed by atoms with Crippen molar-refractivity contribution >= 4 is 17.7 Å². The molecule has 0 aliphatic heterocycles. The van der Waals surface area contributed by atoms with Gasteiger partial charge in [-0.15, -0.1) is 0 Å². The number of carbonyl (C=O) groups excluding carboxylic acids is 1. The molecule has 1 atom stereocenters. The number of esters is 1. The van der Waals surface area contributed by atoms with Crippen LogP contribution in [0.25, 0.3) is 0 Å². The number of methoxy groups -OCH3 is 1. The Morgan fingerprint density at radius 2 is 2.33 bits per heavy atom. The van der Waals surface area contributed by atoms with Gasteiger partial charge in [0.15, 0.2) is 0 Å². The highest BCUT2D eigenvalue weighted by Gasteiger charge is 2.02. The molecule has 72 valence electrons. The van der Waals surface area contributed by atoms with Crippen LogP contribution >= 0.6 is 11.8 Å². The van der Waals surface area contributed by atoms with Gasteiger partial charge in [-0.2, -0.15) is 11.8 Å². The smallest absolute Gasteiger partial charge is 0.319 e. The van der Waals surface area contributed by atoms with Gasteiger partial charge in [0.1, 0.15) is 0 Å². The summed E-state index contributed by atoms with van der Waals surface area (Å²) in [4.78, 5) is 10.7. The number of carbonyl (C=O) groups is 1. The van der Waals surface area contributed by atoms with Gasteiger partial charge in [-0.05, 0) is 24.5 Å². The second kappa shape index (κ2) is 7.43.